The van der Waals surface area contributed by atoms with Crippen molar-refractivity contribution < 1.29 is 0 Å². The van der Waals surface area contributed by atoms with Crippen molar-refractivity contribution in [3.05, 3.63) is 29.8 Å². The van der Waals surface area contributed by atoms with Crippen molar-refractivity contribution in [2.24, 2.45) is 5.73 Å². The van der Waals surface area contributed by atoms with Crippen LogP contribution >= 0.6 is 0 Å². The van der Waals surface area contributed by atoms with E-state index in [2.05, 4.69) is 36.5 Å². The number of para-hydroxylation sites is 1. The lowest BCUT2D eigenvalue weighted by Gasteiger charge is -2.30. The van der Waals surface area contributed by atoms with Crippen LogP contribution in [0.3, 0.4) is 0 Å². The fraction of sp³-hybridized carbons (Fsp3) is 0.538. The maximum Gasteiger partial charge on any atom is 0.0412 e. The second kappa shape index (κ2) is 4.67. The van der Waals surface area contributed by atoms with Crippen molar-refractivity contribution in [2.75, 3.05) is 5.32 Å². The third-order valence-electron chi connectivity index (χ3n) is 3.31. The van der Waals surface area contributed by atoms with E-state index in [1.807, 2.05) is 0 Å². The average molecular weight is 204 g/mol. The van der Waals surface area contributed by atoms with Crippen LogP contribution in [-0.4, -0.2) is 12.1 Å². The number of nitrogens with one attached hydrogen (secondary N) is 1. The van der Waals surface area contributed by atoms with Crippen LogP contribution in [0.4, 0.5) is 5.69 Å². The van der Waals surface area contributed by atoms with Crippen molar-refractivity contribution >= 4 is 5.69 Å². The predicted molar refractivity (Wildman–Crippen MR) is 65.0 cm³/mol. The summed E-state index contributed by atoms with van der Waals surface area (Å²) < 4.78 is 0. The molecule has 1 aromatic rings. The number of hydrogen-bond donors (Lipinski definition) is 2. The van der Waals surface area contributed by atoms with Crippen molar-refractivity contribution in [2.45, 2.75) is 44.7 Å². The monoisotopic (exact) mass is 204 g/mol. The first-order valence-corrected chi connectivity index (χ1v) is 5.85. The smallest absolute Gasteiger partial charge is 0.0412 e. The van der Waals surface area contributed by atoms with Crippen LogP contribution < -0.4 is 11.1 Å². The summed E-state index contributed by atoms with van der Waals surface area (Å²) in [6.07, 6.45) is 4.95. The Balaban J connectivity index is 2.04. The Labute approximate surface area is 91.9 Å². The molecule has 0 unspecified atom stereocenters. The number of nitrogens with two attached hydrogens (primary N) is 1. The van der Waals surface area contributed by atoms with E-state index in [-0.39, 0.29) is 0 Å². The molecule has 2 rings (SSSR count). The minimum absolute atomic E-state index is 0.318. The summed E-state index contributed by atoms with van der Waals surface area (Å²) >= 11 is 0. The van der Waals surface area contributed by atoms with E-state index < -0.39 is 0 Å². The van der Waals surface area contributed by atoms with Gasteiger partial charge in [-0.25, -0.2) is 0 Å². The summed E-state index contributed by atoms with van der Waals surface area (Å²) in [6, 6.07) is 9.19. The first kappa shape index (κ1) is 10.5. The molecule has 1 aliphatic carbocycles. The molecule has 0 aromatic heterocycles. The molecule has 2 nitrogen and oxygen atoms in total. The van der Waals surface area contributed by atoms with Crippen LogP contribution in [0.25, 0.3) is 0 Å². The minimum atomic E-state index is 0.318. The van der Waals surface area contributed by atoms with Crippen LogP contribution in [0.5, 0.6) is 0 Å². The Kier molecular flexibility index (Phi) is 3.27. The van der Waals surface area contributed by atoms with E-state index in [1.165, 1.54) is 30.5 Å². The van der Waals surface area contributed by atoms with E-state index in [1.54, 1.807) is 0 Å². The molecule has 82 valence electrons. The van der Waals surface area contributed by atoms with E-state index in [0.717, 1.165) is 6.42 Å². The van der Waals surface area contributed by atoms with Crippen molar-refractivity contribution in [3.8, 4) is 0 Å². The molecule has 2 heteroatoms. The van der Waals surface area contributed by atoms with E-state index >= 15 is 0 Å². The molecule has 1 fully saturated rings. The Morgan fingerprint density at radius 3 is 2.67 bits per heavy atom. The van der Waals surface area contributed by atoms with Crippen molar-refractivity contribution in [1.82, 2.24) is 0 Å². The average Bonchev–Trinajstić information content (AvgIpc) is 2.24. The SMILES string of the molecule is Cc1ccccc1N[C@@H]1CCCC[C@H]1N. The second-order valence-corrected chi connectivity index (χ2v) is 4.51. The van der Waals surface area contributed by atoms with Gasteiger partial charge in [-0.15, -0.1) is 0 Å². The lowest BCUT2D eigenvalue weighted by atomic mass is 9.90. The third kappa shape index (κ3) is 2.51. The number of hydrogen-bond acceptors (Lipinski definition) is 2. The van der Waals surface area contributed by atoms with Gasteiger partial charge in [-0.2, -0.15) is 0 Å². The number of rotatable bonds is 2. The summed E-state index contributed by atoms with van der Waals surface area (Å²) in [4.78, 5) is 0. The zero-order valence-corrected chi connectivity index (χ0v) is 9.37. The topological polar surface area (TPSA) is 38.0 Å². The van der Waals surface area contributed by atoms with Crippen LogP contribution in [0.2, 0.25) is 0 Å². The first-order valence-electron chi connectivity index (χ1n) is 5.85. The summed E-state index contributed by atoms with van der Waals surface area (Å²) in [5, 5.41) is 3.57. The fourth-order valence-corrected chi connectivity index (χ4v) is 2.27. The molecule has 1 aromatic carbocycles. The van der Waals surface area contributed by atoms with Gasteiger partial charge in [0, 0.05) is 17.8 Å². The molecule has 0 saturated heterocycles. The van der Waals surface area contributed by atoms with Gasteiger partial charge < -0.3 is 11.1 Å². The molecule has 15 heavy (non-hydrogen) atoms. The highest BCUT2D eigenvalue weighted by Gasteiger charge is 2.21. The molecule has 1 aliphatic rings. The molecule has 0 aliphatic heterocycles. The molecule has 3 N–H and O–H groups in total. The summed E-state index contributed by atoms with van der Waals surface area (Å²) in [5.41, 5.74) is 8.65. The quantitative estimate of drug-likeness (QED) is 0.777. The van der Waals surface area contributed by atoms with E-state index in [0.29, 0.717) is 12.1 Å². The lowest BCUT2D eigenvalue weighted by Crippen LogP contribution is -2.42. The maximum atomic E-state index is 6.11. The first-order chi connectivity index (χ1) is 7.27. The fourth-order valence-electron chi connectivity index (χ4n) is 2.27. The molecule has 0 amide bonds. The van der Waals surface area contributed by atoms with Crippen LogP contribution in [-0.2, 0) is 0 Å². The van der Waals surface area contributed by atoms with Gasteiger partial charge in [0.15, 0.2) is 0 Å². The third-order valence-corrected chi connectivity index (χ3v) is 3.31. The van der Waals surface area contributed by atoms with Crippen LogP contribution in [0.1, 0.15) is 31.2 Å². The van der Waals surface area contributed by atoms with Gasteiger partial charge in [0.25, 0.3) is 0 Å². The van der Waals surface area contributed by atoms with E-state index in [4.69, 9.17) is 5.73 Å². The Bertz CT molecular complexity index is 322. The Hall–Kier alpha value is -1.02. The molecule has 2 atom stereocenters. The normalized spacial score (nSPS) is 26.3. The highest BCUT2D eigenvalue weighted by molar-refractivity contribution is 5.51. The van der Waals surface area contributed by atoms with Crippen molar-refractivity contribution in [3.63, 3.8) is 0 Å². The summed E-state index contributed by atoms with van der Waals surface area (Å²) in [7, 11) is 0. The molecule has 1 saturated carbocycles. The largest absolute Gasteiger partial charge is 0.381 e. The molecule has 0 radical (unpaired) electrons. The molecule has 0 heterocycles. The lowest BCUT2D eigenvalue weighted by molar-refractivity contribution is 0.404. The van der Waals surface area contributed by atoms with Gasteiger partial charge in [0.1, 0.15) is 0 Å². The molecular formula is C13H20N2. The van der Waals surface area contributed by atoms with Gasteiger partial charge in [-0.1, -0.05) is 31.0 Å². The Morgan fingerprint density at radius 2 is 1.93 bits per heavy atom. The number of benzene rings is 1. The Morgan fingerprint density at radius 1 is 1.20 bits per heavy atom. The van der Waals surface area contributed by atoms with Gasteiger partial charge in [-0.05, 0) is 31.4 Å². The van der Waals surface area contributed by atoms with Gasteiger partial charge in [0.2, 0.25) is 0 Å². The predicted octanol–water partition coefficient (Wildman–Crippen LogP) is 2.68. The summed E-state index contributed by atoms with van der Waals surface area (Å²) in [5.74, 6) is 0. The van der Waals surface area contributed by atoms with E-state index in [9.17, 15) is 0 Å². The zero-order chi connectivity index (χ0) is 10.7. The molecular weight excluding hydrogens is 184 g/mol. The molecule has 0 bridgehead atoms. The van der Waals surface area contributed by atoms with Gasteiger partial charge in [0.05, 0.1) is 0 Å². The van der Waals surface area contributed by atoms with Crippen LogP contribution in [0, 0.1) is 6.92 Å². The van der Waals surface area contributed by atoms with Crippen LogP contribution in [0.15, 0.2) is 24.3 Å². The number of aryl methyl sites for hydroxylation is 1. The summed E-state index contributed by atoms with van der Waals surface area (Å²) in [6.45, 7) is 2.14. The zero-order valence-electron chi connectivity index (χ0n) is 9.37. The standard InChI is InChI=1S/C13H20N2/c1-10-6-2-4-8-12(10)15-13-9-5-3-7-11(13)14/h2,4,6,8,11,13,15H,3,5,7,9,14H2,1H3/t11-,13-/m1/s1. The molecule has 0 spiro atoms. The second-order valence-electron chi connectivity index (χ2n) is 4.51. The number of anilines is 1. The van der Waals surface area contributed by atoms with Gasteiger partial charge >= 0.3 is 0 Å². The maximum absolute atomic E-state index is 6.11. The highest BCUT2D eigenvalue weighted by atomic mass is 15.0. The van der Waals surface area contributed by atoms with Gasteiger partial charge in [-0.3, -0.25) is 0 Å². The minimum Gasteiger partial charge on any atom is -0.381 e. The highest BCUT2D eigenvalue weighted by Crippen LogP contribution is 2.22. The van der Waals surface area contributed by atoms with Crippen molar-refractivity contribution in [1.29, 1.82) is 0 Å².